The molecule has 206 valence electrons. The predicted octanol–water partition coefficient (Wildman–Crippen LogP) is 2.46. The molecule has 0 spiro atoms. The Balaban J connectivity index is 1.21. The first-order valence-electron chi connectivity index (χ1n) is 12.5. The largest absolute Gasteiger partial charge is 0.475 e. The molecule has 4 unspecified atom stereocenters. The zero-order valence-corrected chi connectivity index (χ0v) is 21.6. The Morgan fingerprint density at radius 2 is 1.82 bits per heavy atom. The van der Waals surface area contributed by atoms with Crippen molar-refractivity contribution in [1.29, 1.82) is 0 Å². The first-order chi connectivity index (χ1) is 19.3. The Hall–Kier alpha value is -4.66. The van der Waals surface area contributed by atoms with Gasteiger partial charge in [0.2, 0.25) is 11.8 Å². The van der Waals surface area contributed by atoms with Gasteiger partial charge in [-0.15, -0.1) is 0 Å². The first kappa shape index (κ1) is 25.6. The number of carbonyl (C=O) groups excluding carboxylic acids is 2. The highest BCUT2D eigenvalue weighted by atomic mass is 16.8. The number of hydrogen-bond donors (Lipinski definition) is 3. The number of ether oxygens (including phenoxy) is 4. The van der Waals surface area contributed by atoms with E-state index in [1.54, 1.807) is 29.1 Å². The number of pyridine rings is 1. The van der Waals surface area contributed by atoms with Gasteiger partial charge in [-0.2, -0.15) is 0 Å². The number of nitrogens with zero attached hydrogens (tertiary/aromatic N) is 5. The number of hydrogen-bond acceptors (Lipinski definition) is 10. The summed E-state index contributed by atoms with van der Waals surface area (Å²) in [4.78, 5) is 41.0. The molecule has 14 heteroatoms. The monoisotopic (exact) mass is 546 g/mol. The molecule has 4 N–H and O–H groups in total. The zero-order valence-electron chi connectivity index (χ0n) is 21.6. The Morgan fingerprint density at radius 1 is 1.02 bits per heavy atom. The minimum absolute atomic E-state index is 0.105. The number of anilines is 2. The third kappa shape index (κ3) is 5.02. The van der Waals surface area contributed by atoms with Crippen LogP contribution in [0.2, 0.25) is 0 Å². The lowest BCUT2D eigenvalue weighted by Gasteiger charge is -2.24. The van der Waals surface area contributed by atoms with E-state index in [-0.39, 0.29) is 18.0 Å². The maximum Gasteiger partial charge on any atom is 0.324 e. The van der Waals surface area contributed by atoms with E-state index in [4.69, 9.17) is 24.7 Å². The summed E-state index contributed by atoms with van der Waals surface area (Å²) in [6.07, 6.45) is 2.10. The van der Waals surface area contributed by atoms with Gasteiger partial charge >= 0.3 is 6.03 Å². The van der Waals surface area contributed by atoms with Gasteiger partial charge in [-0.1, -0.05) is 18.2 Å². The van der Waals surface area contributed by atoms with Crippen molar-refractivity contribution >= 4 is 34.6 Å². The second kappa shape index (κ2) is 10.1. The molecule has 14 nitrogen and oxygen atoms in total. The standard InChI is InChI=1S/C26H26N8O6/c1-26(2)39-19-16(11-37-17-9-8-14(10-28-17)21(27)35)38-24(20(19)40-26)34-13-31-18-22(29-12-30-23(18)34)33-25(36)32-15-6-4-3-5-7-15/h3-10,12-13,16,19-20,24H,11H2,1-2H3,(H2,27,35)(H2,29,30,32,33,36). The van der Waals surface area contributed by atoms with Gasteiger partial charge in [0.25, 0.3) is 0 Å². The molecular weight excluding hydrogens is 520 g/mol. The third-order valence-electron chi connectivity index (χ3n) is 6.44. The van der Waals surface area contributed by atoms with E-state index in [0.717, 1.165) is 0 Å². The van der Waals surface area contributed by atoms with E-state index in [0.29, 0.717) is 22.7 Å². The molecule has 0 bridgehead atoms. The van der Waals surface area contributed by atoms with E-state index in [2.05, 4.69) is 30.6 Å². The van der Waals surface area contributed by atoms with Crippen molar-refractivity contribution in [1.82, 2.24) is 24.5 Å². The molecule has 3 aromatic heterocycles. The van der Waals surface area contributed by atoms with Gasteiger partial charge in [0.1, 0.15) is 31.2 Å². The normalized spacial score (nSPS) is 23.1. The second-order valence-corrected chi connectivity index (χ2v) is 9.68. The van der Waals surface area contributed by atoms with Crippen LogP contribution in [0.3, 0.4) is 0 Å². The van der Waals surface area contributed by atoms with Crippen molar-refractivity contribution in [3.8, 4) is 5.88 Å². The average Bonchev–Trinajstić information content (AvgIpc) is 3.59. The summed E-state index contributed by atoms with van der Waals surface area (Å²) < 4.78 is 26.3. The number of rotatable bonds is 7. The molecule has 2 saturated heterocycles. The predicted molar refractivity (Wildman–Crippen MR) is 140 cm³/mol. The van der Waals surface area contributed by atoms with Crippen LogP contribution in [0.1, 0.15) is 30.4 Å². The van der Waals surface area contributed by atoms with Crippen molar-refractivity contribution in [3.05, 3.63) is 66.9 Å². The van der Waals surface area contributed by atoms with Crippen molar-refractivity contribution in [3.63, 3.8) is 0 Å². The summed E-state index contributed by atoms with van der Waals surface area (Å²) in [5, 5.41) is 5.48. The van der Waals surface area contributed by atoms with Crippen LogP contribution in [0.4, 0.5) is 16.3 Å². The fraction of sp³-hybridized carbons (Fsp3) is 0.308. The van der Waals surface area contributed by atoms with E-state index >= 15 is 0 Å². The van der Waals surface area contributed by atoms with Crippen LogP contribution in [0, 0.1) is 0 Å². The molecule has 2 aliphatic heterocycles. The minimum atomic E-state index is -0.857. The smallest absolute Gasteiger partial charge is 0.324 e. The number of nitrogens with one attached hydrogen (secondary N) is 2. The van der Waals surface area contributed by atoms with Crippen LogP contribution in [0.5, 0.6) is 5.88 Å². The number of nitrogens with two attached hydrogens (primary N) is 1. The van der Waals surface area contributed by atoms with Crippen LogP contribution in [-0.4, -0.2) is 67.1 Å². The highest BCUT2D eigenvalue weighted by Crippen LogP contribution is 2.44. The number of aromatic nitrogens is 5. The molecule has 0 radical (unpaired) electrons. The van der Waals surface area contributed by atoms with Gasteiger partial charge in [0, 0.05) is 18.0 Å². The maximum absolute atomic E-state index is 12.6. The van der Waals surface area contributed by atoms with E-state index in [1.807, 2.05) is 32.0 Å². The van der Waals surface area contributed by atoms with Gasteiger partial charge in [-0.25, -0.2) is 24.7 Å². The number of para-hydroxylation sites is 1. The van der Waals surface area contributed by atoms with Gasteiger partial charge in [0.05, 0.1) is 11.9 Å². The van der Waals surface area contributed by atoms with Gasteiger partial charge < -0.3 is 30.0 Å². The van der Waals surface area contributed by atoms with Crippen molar-refractivity contribution in [2.24, 2.45) is 5.73 Å². The molecule has 6 rings (SSSR count). The lowest BCUT2D eigenvalue weighted by molar-refractivity contribution is -0.199. The fourth-order valence-electron chi connectivity index (χ4n) is 4.72. The van der Waals surface area contributed by atoms with Gasteiger partial charge in [-0.3, -0.25) is 14.7 Å². The van der Waals surface area contributed by atoms with E-state index < -0.39 is 42.3 Å². The maximum atomic E-state index is 12.6. The molecule has 0 aliphatic carbocycles. The summed E-state index contributed by atoms with van der Waals surface area (Å²) in [6, 6.07) is 11.7. The summed E-state index contributed by atoms with van der Waals surface area (Å²) >= 11 is 0. The third-order valence-corrected chi connectivity index (χ3v) is 6.44. The Kier molecular flexibility index (Phi) is 6.50. The molecule has 4 atom stereocenters. The number of imidazole rings is 1. The molecule has 2 aliphatic rings. The Labute approximate surface area is 227 Å². The number of urea groups is 1. The zero-order chi connectivity index (χ0) is 27.9. The summed E-state index contributed by atoms with van der Waals surface area (Å²) in [7, 11) is 0. The summed E-state index contributed by atoms with van der Waals surface area (Å²) in [5.74, 6) is -0.891. The molecule has 40 heavy (non-hydrogen) atoms. The Morgan fingerprint density at radius 3 is 2.58 bits per heavy atom. The number of primary amides is 1. The van der Waals surface area contributed by atoms with Gasteiger partial charge in [-0.05, 0) is 32.0 Å². The van der Waals surface area contributed by atoms with Crippen molar-refractivity contribution < 1.29 is 28.5 Å². The summed E-state index contributed by atoms with van der Waals surface area (Å²) in [6.45, 7) is 3.76. The lowest BCUT2D eigenvalue weighted by atomic mass is 10.1. The minimum Gasteiger partial charge on any atom is -0.475 e. The van der Waals surface area contributed by atoms with Gasteiger partial charge in [0.15, 0.2) is 29.0 Å². The molecule has 1 aromatic carbocycles. The quantitative estimate of drug-likeness (QED) is 0.312. The molecular formula is C26H26N8O6. The average molecular weight is 547 g/mol. The fourth-order valence-corrected chi connectivity index (χ4v) is 4.72. The van der Waals surface area contributed by atoms with Crippen LogP contribution in [-0.2, 0) is 14.2 Å². The van der Waals surface area contributed by atoms with E-state index in [9.17, 15) is 9.59 Å². The second-order valence-electron chi connectivity index (χ2n) is 9.68. The molecule has 4 aromatic rings. The van der Waals surface area contributed by atoms with Crippen LogP contribution in [0.15, 0.2) is 61.3 Å². The number of carbonyl (C=O) groups is 2. The topological polar surface area (TPSA) is 178 Å². The molecule has 3 amide bonds. The molecule has 0 saturated carbocycles. The van der Waals surface area contributed by atoms with Crippen molar-refractivity contribution in [2.45, 2.75) is 44.2 Å². The van der Waals surface area contributed by atoms with Crippen LogP contribution in [0.25, 0.3) is 11.2 Å². The number of fused-ring (bicyclic) bond motifs is 2. The van der Waals surface area contributed by atoms with Crippen LogP contribution < -0.4 is 21.1 Å². The van der Waals surface area contributed by atoms with Crippen LogP contribution >= 0.6 is 0 Å². The number of benzene rings is 1. The SMILES string of the molecule is CC1(C)OC2C(COc3ccc(C(N)=O)cn3)OC(n3cnc4c(NC(=O)Nc5ccccc5)ncnc43)C2O1. The first-order valence-corrected chi connectivity index (χ1v) is 12.5. The highest BCUT2D eigenvalue weighted by Gasteiger charge is 2.56. The number of amides is 3. The van der Waals surface area contributed by atoms with E-state index in [1.165, 1.54) is 18.6 Å². The lowest BCUT2D eigenvalue weighted by Crippen LogP contribution is -2.34. The molecule has 2 fully saturated rings. The summed E-state index contributed by atoms with van der Waals surface area (Å²) in [5.41, 5.74) is 7.00. The van der Waals surface area contributed by atoms with Crippen molar-refractivity contribution in [2.75, 3.05) is 17.2 Å². The Bertz CT molecular complexity index is 1540. The molecule has 5 heterocycles. The highest BCUT2D eigenvalue weighted by molar-refractivity contribution is 6.02.